The lowest BCUT2D eigenvalue weighted by Crippen LogP contribution is -2.12. The van der Waals surface area contributed by atoms with Crippen LogP contribution in [0.15, 0.2) is 58.3 Å². The van der Waals surface area contributed by atoms with Gasteiger partial charge in [0.15, 0.2) is 17.0 Å². The summed E-state index contributed by atoms with van der Waals surface area (Å²) < 4.78 is 27.2. The second kappa shape index (κ2) is 6.91. The van der Waals surface area contributed by atoms with Crippen LogP contribution < -0.4 is 15.9 Å². The number of hydrogen-bond donors (Lipinski definition) is 1. The first-order chi connectivity index (χ1) is 15.0. The van der Waals surface area contributed by atoms with Crippen LogP contribution in [0.5, 0.6) is 5.75 Å². The molecule has 0 fully saturated rings. The maximum Gasteiger partial charge on any atom is 0.218 e. The third kappa shape index (κ3) is 2.82. The van der Waals surface area contributed by atoms with E-state index in [2.05, 4.69) is 15.0 Å². The van der Waals surface area contributed by atoms with Crippen LogP contribution in [0.3, 0.4) is 0 Å². The third-order valence-electron chi connectivity index (χ3n) is 5.09. The monoisotopic (exact) mass is 417 g/mol. The molecule has 0 atom stereocenters. The Bertz CT molecular complexity index is 1540. The van der Waals surface area contributed by atoms with Crippen molar-refractivity contribution in [1.82, 2.24) is 19.5 Å². The Hall–Kier alpha value is -4.27. The quantitative estimate of drug-likeness (QED) is 0.477. The van der Waals surface area contributed by atoms with Crippen molar-refractivity contribution in [2.24, 2.45) is 0 Å². The second-order valence-electron chi connectivity index (χ2n) is 6.96. The number of fused-ring (bicyclic) bond motifs is 2. The molecular formula is C22H16FN5O3. The van der Waals surface area contributed by atoms with Crippen LogP contribution in [0, 0.1) is 12.7 Å². The van der Waals surface area contributed by atoms with Crippen molar-refractivity contribution in [3.05, 3.63) is 70.7 Å². The summed E-state index contributed by atoms with van der Waals surface area (Å²) >= 11 is 0. The summed E-state index contributed by atoms with van der Waals surface area (Å²) in [5, 5.41) is 0.268. The zero-order chi connectivity index (χ0) is 21.7. The predicted molar refractivity (Wildman–Crippen MR) is 114 cm³/mol. The van der Waals surface area contributed by atoms with E-state index in [1.807, 2.05) is 6.92 Å². The van der Waals surface area contributed by atoms with Gasteiger partial charge in [-0.15, -0.1) is 0 Å². The van der Waals surface area contributed by atoms with Gasteiger partial charge in [0, 0.05) is 0 Å². The number of nitrogens with zero attached hydrogens (tertiary/aromatic N) is 4. The van der Waals surface area contributed by atoms with Crippen LogP contribution >= 0.6 is 0 Å². The van der Waals surface area contributed by atoms with Crippen LogP contribution in [0.4, 0.5) is 10.2 Å². The Kier molecular flexibility index (Phi) is 4.18. The number of anilines is 1. The van der Waals surface area contributed by atoms with E-state index < -0.39 is 5.82 Å². The number of imidazole rings is 1. The zero-order valence-corrected chi connectivity index (χ0v) is 16.6. The summed E-state index contributed by atoms with van der Waals surface area (Å²) in [5.74, 6) is 0.241. The fourth-order valence-electron chi connectivity index (χ4n) is 3.68. The Balaban J connectivity index is 1.96. The van der Waals surface area contributed by atoms with Crippen LogP contribution in [-0.4, -0.2) is 26.6 Å². The van der Waals surface area contributed by atoms with Gasteiger partial charge in [-0.25, -0.2) is 19.3 Å². The number of halogens is 1. The third-order valence-corrected chi connectivity index (χ3v) is 5.09. The molecule has 31 heavy (non-hydrogen) atoms. The summed E-state index contributed by atoms with van der Waals surface area (Å²) in [4.78, 5) is 26.2. The van der Waals surface area contributed by atoms with Gasteiger partial charge in [0.25, 0.3) is 0 Å². The molecule has 8 nitrogen and oxygen atoms in total. The van der Waals surface area contributed by atoms with Crippen molar-refractivity contribution >= 4 is 28.0 Å². The molecule has 0 saturated carbocycles. The van der Waals surface area contributed by atoms with Crippen LogP contribution in [-0.2, 0) is 0 Å². The summed E-state index contributed by atoms with van der Waals surface area (Å²) in [6.07, 6.45) is 2.73. The minimum absolute atomic E-state index is 0.134. The molecule has 5 aromatic rings. The average Bonchev–Trinajstić information content (AvgIpc) is 3.19. The highest BCUT2D eigenvalue weighted by Crippen LogP contribution is 2.34. The molecule has 0 radical (unpaired) electrons. The Morgan fingerprint density at radius 3 is 2.77 bits per heavy atom. The van der Waals surface area contributed by atoms with Crippen LogP contribution in [0.2, 0.25) is 0 Å². The van der Waals surface area contributed by atoms with Crippen LogP contribution in [0.25, 0.3) is 39.1 Å². The lowest BCUT2D eigenvalue weighted by molar-refractivity contribution is 0.415. The SMILES string of the molecule is COc1c(C)ccc2oc(-n3cnc4c(N)ncnc43)c(-c3cccc(F)c3)c(=O)c12. The van der Waals surface area contributed by atoms with Gasteiger partial charge in [-0.1, -0.05) is 18.2 Å². The minimum Gasteiger partial charge on any atom is -0.496 e. The van der Waals surface area contributed by atoms with Crippen molar-refractivity contribution in [3.63, 3.8) is 0 Å². The van der Waals surface area contributed by atoms with E-state index >= 15 is 0 Å². The van der Waals surface area contributed by atoms with Gasteiger partial charge < -0.3 is 14.9 Å². The summed E-state index contributed by atoms with van der Waals surface area (Å²) in [5.41, 5.74) is 7.82. The highest BCUT2D eigenvalue weighted by molar-refractivity contribution is 5.91. The molecule has 0 unspecified atom stereocenters. The molecule has 154 valence electrons. The molecule has 9 heteroatoms. The van der Waals surface area contributed by atoms with Crippen molar-refractivity contribution < 1.29 is 13.5 Å². The summed E-state index contributed by atoms with van der Waals surface area (Å²) in [7, 11) is 1.49. The smallest absolute Gasteiger partial charge is 0.218 e. The molecular weight excluding hydrogens is 401 g/mol. The average molecular weight is 417 g/mol. The van der Waals surface area contributed by atoms with Crippen molar-refractivity contribution in [1.29, 1.82) is 0 Å². The number of ether oxygens (including phenoxy) is 1. The standard InChI is InChI=1S/C22H16FN5O3/c1-11-6-7-14-16(19(11)30-2)18(29)15(12-4-3-5-13(23)8-12)22(31-14)28-10-27-17-20(24)25-9-26-21(17)28/h3-10H,1-2H3,(H2,24,25,26). The van der Waals surface area contributed by atoms with Gasteiger partial charge in [0.1, 0.15) is 35.2 Å². The number of aryl methyl sites for hydroxylation is 1. The molecule has 0 aliphatic carbocycles. The maximum atomic E-state index is 14.1. The molecule has 0 aliphatic rings. The zero-order valence-electron chi connectivity index (χ0n) is 16.6. The molecule has 0 amide bonds. The largest absolute Gasteiger partial charge is 0.496 e. The van der Waals surface area contributed by atoms with Crippen molar-refractivity contribution in [3.8, 4) is 22.8 Å². The van der Waals surface area contributed by atoms with Crippen molar-refractivity contribution in [2.75, 3.05) is 12.8 Å². The topological polar surface area (TPSA) is 109 Å². The van der Waals surface area contributed by atoms with Crippen LogP contribution in [0.1, 0.15) is 5.56 Å². The number of aromatic nitrogens is 4. The van der Waals surface area contributed by atoms with Gasteiger partial charge in [-0.3, -0.25) is 9.36 Å². The van der Waals surface area contributed by atoms with E-state index in [9.17, 15) is 9.18 Å². The molecule has 0 aliphatic heterocycles. The molecule has 5 rings (SSSR count). The molecule has 0 saturated heterocycles. The summed E-state index contributed by atoms with van der Waals surface area (Å²) in [6, 6.07) is 9.22. The fourth-order valence-corrected chi connectivity index (χ4v) is 3.68. The number of rotatable bonds is 3. The Morgan fingerprint density at radius 1 is 1.16 bits per heavy atom. The molecule has 3 aromatic heterocycles. The number of nitrogen functional groups attached to an aromatic ring is 1. The van der Waals surface area contributed by atoms with Gasteiger partial charge in [-0.05, 0) is 36.2 Å². The normalized spacial score (nSPS) is 11.3. The lowest BCUT2D eigenvalue weighted by Gasteiger charge is -2.14. The Labute approximate surface area is 174 Å². The number of hydrogen-bond acceptors (Lipinski definition) is 7. The van der Waals surface area contributed by atoms with E-state index in [1.165, 1.54) is 42.5 Å². The minimum atomic E-state index is -0.485. The van der Waals surface area contributed by atoms with Gasteiger partial charge in [-0.2, -0.15) is 0 Å². The maximum absolute atomic E-state index is 14.1. The first kappa shape index (κ1) is 18.7. The lowest BCUT2D eigenvalue weighted by atomic mass is 10.0. The molecule has 2 N–H and O–H groups in total. The molecule has 2 aromatic carbocycles. The van der Waals surface area contributed by atoms with Crippen molar-refractivity contribution in [2.45, 2.75) is 6.92 Å². The van der Waals surface area contributed by atoms with E-state index in [1.54, 1.807) is 18.2 Å². The van der Waals surface area contributed by atoms with Gasteiger partial charge in [0.05, 0.1) is 12.7 Å². The molecule has 0 spiro atoms. The predicted octanol–water partition coefficient (Wildman–Crippen LogP) is 3.63. The second-order valence-corrected chi connectivity index (χ2v) is 6.96. The fraction of sp³-hybridized carbons (Fsp3) is 0.0909. The van der Waals surface area contributed by atoms with Gasteiger partial charge >= 0.3 is 0 Å². The number of benzene rings is 2. The Morgan fingerprint density at radius 2 is 2.00 bits per heavy atom. The molecule has 3 heterocycles. The highest BCUT2D eigenvalue weighted by Gasteiger charge is 2.23. The van der Waals surface area contributed by atoms with Gasteiger partial charge in [0.2, 0.25) is 11.3 Å². The number of nitrogens with two attached hydrogens (primary N) is 1. The first-order valence-corrected chi connectivity index (χ1v) is 9.34. The van der Waals surface area contributed by atoms with E-state index in [0.717, 1.165) is 5.56 Å². The van der Waals surface area contributed by atoms with E-state index in [-0.39, 0.29) is 28.1 Å². The number of methoxy groups -OCH3 is 1. The first-order valence-electron chi connectivity index (χ1n) is 9.34. The summed E-state index contributed by atoms with van der Waals surface area (Å²) in [6.45, 7) is 1.83. The molecule has 0 bridgehead atoms. The van der Waals surface area contributed by atoms with E-state index in [4.69, 9.17) is 14.9 Å². The van der Waals surface area contributed by atoms with E-state index in [0.29, 0.717) is 28.1 Å². The highest BCUT2D eigenvalue weighted by atomic mass is 19.1.